The summed E-state index contributed by atoms with van der Waals surface area (Å²) in [5, 5.41) is 2.94. The molecule has 1 unspecified atom stereocenters. The molecular weight excluding hydrogens is 240 g/mol. The van der Waals surface area contributed by atoms with E-state index in [-0.39, 0.29) is 5.91 Å². The van der Waals surface area contributed by atoms with Crippen LogP contribution in [0.1, 0.15) is 37.7 Å². The molecular formula is C14H26N4O. The number of hydrogen-bond acceptors (Lipinski definition) is 3. The van der Waals surface area contributed by atoms with E-state index in [1.54, 1.807) is 12.3 Å². The molecule has 0 aromatic carbocycles. The van der Waals surface area contributed by atoms with E-state index in [0.29, 0.717) is 24.0 Å². The molecule has 0 saturated carbocycles. The number of carbonyl (C=O) groups excluding carboxylic acids is 1. The zero-order valence-corrected chi connectivity index (χ0v) is 12.4. The minimum absolute atomic E-state index is 0.0592. The number of likely N-dealkylation sites (N-methyl/N-ethyl adjacent to an activating group) is 1. The molecule has 1 heterocycles. The van der Waals surface area contributed by atoms with Crippen LogP contribution in [0.5, 0.6) is 0 Å². The number of nitrogens with zero attached hydrogens (tertiary/aromatic N) is 2. The van der Waals surface area contributed by atoms with Gasteiger partial charge in [0.2, 0.25) is 0 Å². The van der Waals surface area contributed by atoms with Crippen LogP contribution in [-0.2, 0) is 6.54 Å². The summed E-state index contributed by atoms with van der Waals surface area (Å²) < 4.78 is 1.86. The molecule has 108 valence electrons. The van der Waals surface area contributed by atoms with Gasteiger partial charge in [-0.3, -0.25) is 4.79 Å². The van der Waals surface area contributed by atoms with Crippen LogP contribution in [0.3, 0.4) is 0 Å². The molecule has 1 rings (SSSR count). The number of amides is 1. The number of nitrogens with two attached hydrogens (primary N) is 1. The largest absolute Gasteiger partial charge is 0.397 e. The van der Waals surface area contributed by atoms with Crippen molar-refractivity contribution in [3.8, 4) is 0 Å². The third-order valence-electron chi connectivity index (χ3n) is 3.58. The second-order valence-electron chi connectivity index (χ2n) is 4.94. The van der Waals surface area contributed by atoms with E-state index < -0.39 is 0 Å². The summed E-state index contributed by atoms with van der Waals surface area (Å²) in [7, 11) is 2.08. The molecule has 0 aliphatic carbocycles. The van der Waals surface area contributed by atoms with Crippen molar-refractivity contribution in [3.63, 3.8) is 0 Å². The van der Waals surface area contributed by atoms with E-state index >= 15 is 0 Å². The van der Waals surface area contributed by atoms with Crippen molar-refractivity contribution in [3.05, 3.63) is 18.0 Å². The maximum Gasteiger partial charge on any atom is 0.268 e. The van der Waals surface area contributed by atoms with Gasteiger partial charge in [-0.2, -0.15) is 0 Å². The van der Waals surface area contributed by atoms with Crippen LogP contribution in [0.4, 0.5) is 5.69 Å². The van der Waals surface area contributed by atoms with Gasteiger partial charge in [0, 0.05) is 31.9 Å². The summed E-state index contributed by atoms with van der Waals surface area (Å²) in [4.78, 5) is 14.3. The second-order valence-corrected chi connectivity index (χ2v) is 4.94. The lowest BCUT2D eigenvalue weighted by Crippen LogP contribution is -2.37. The van der Waals surface area contributed by atoms with Crippen molar-refractivity contribution >= 4 is 11.6 Å². The molecule has 1 aromatic rings. The normalized spacial score (nSPS) is 12.7. The van der Waals surface area contributed by atoms with Crippen LogP contribution in [0.15, 0.2) is 12.3 Å². The average Bonchev–Trinajstić information content (AvgIpc) is 2.78. The van der Waals surface area contributed by atoms with Gasteiger partial charge in [-0.15, -0.1) is 0 Å². The molecule has 0 radical (unpaired) electrons. The number of nitrogen functional groups attached to an aromatic ring is 1. The SMILES string of the molecule is CCC(C)N(C)CCNC(=O)c1cc(N)cn1CC. The number of carbonyl (C=O) groups is 1. The highest BCUT2D eigenvalue weighted by molar-refractivity contribution is 5.93. The maximum atomic E-state index is 12.1. The predicted octanol–water partition coefficient (Wildman–Crippen LogP) is 1.55. The Balaban J connectivity index is 2.47. The molecule has 3 N–H and O–H groups in total. The van der Waals surface area contributed by atoms with Gasteiger partial charge >= 0.3 is 0 Å². The number of anilines is 1. The Kier molecular flexibility index (Phi) is 5.89. The van der Waals surface area contributed by atoms with Crippen LogP contribution in [0.25, 0.3) is 0 Å². The molecule has 19 heavy (non-hydrogen) atoms. The van der Waals surface area contributed by atoms with E-state index in [2.05, 4.69) is 31.1 Å². The Morgan fingerprint density at radius 2 is 2.21 bits per heavy atom. The van der Waals surface area contributed by atoms with Gasteiger partial charge in [-0.05, 0) is 33.4 Å². The van der Waals surface area contributed by atoms with Crippen molar-refractivity contribution in [1.29, 1.82) is 0 Å². The van der Waals surface area contributed by atoms with Crippen LogP contribution in [0.2, 0.25) is 0 Å². The molecule has 0 fully saturated rings. The second kappa shape index (κ2) is 7.19. The summed E-state index contributed by atoms with van der Waals surface area (Å²) in [6.07, 6.45) is 2.90. The van der Waals surface area contributed by atoms with Gasteiger partial charge in [0.25, 0.3) is 5.91 Å². The van der Waals surface area contributed by atoms with Crippen LogP contribution in [0, 0.1) is 0 Å². The summed E-state index contributed by atoms with van der Waals surface area (Å²) in [6.45, 7) is 8.58. The highest BCUT2D eigenvalue weighted by Gasteiger charge is 2.12. The number of hydrogen-bond donors (Lipinski definition) is 2. The number of rotatable bonds is 7. The Morgan fingerprint density at radius 1 is 1.53 bits per heavy atom. The third-order valence-corrected chi connectivity index (χ3v) is 3.58. The molecule has 0 aliphatic heterocycles. The summed E-state index contributed by atoms with van der Waals surface area (Å²) >= 11 is 0. The molecule has 5 heteroatoms. The molecule has 1 amide bonds. The molecule has 0 bridgehead atoms. The monoisotopic (exact) mass is 266 g/mol. The number of aryl methyl sites for hydroxylation is 1. The first-order valence-electron chi connectivity index (χ1n) is 6.93. The smallest absolute Gasteiger partial charge is 0.268 e. The fraction of sp³-hybridized carbons (Fsp3) is 0.643. The first-order valence-corrected chi connectivity index (χ1v) is 6.93. The maximum absolute atomic E-state index is 12.1. The zero-order chi connectivity index (χ0) is 14.4. The lowest BCUT2D eigenvalue weighted by atomic mass is 10.2. The Bertz CT molecular complexity index is 414. The van der Waals surface area contributed by atoms with Crippen molar-refractivity contribution in [1.82, 2.24) is 14.8 Å². The number of nitrogens with one attached hydrogen (secondary N) is 1. The highest BCUT2D eigenvalue weighted by Crippen LogP contribution is 2.10. The third kappa shape index (κ3) is 4.28. The predicted molar refractivity (Wildman–Crippen MR) is 79.2 cm³/mol. The highest BCUT2D eigenvalue weighted by atomic mass is 16.1. The molecule has 0 aliphatic rings. The van der Waals surface area contributed by atoms with E-state index in [9.17, 15) is 4.79 Å². The van der Waals surface area contributed by atoms with Crippen LogP contribution >= 0.6 is 0 Å². The van der Waals surface area contributed by atoms with E-state index in [0.717, 1.165) is 19.5 Å². The van der Waals surface area contributed by atoms with Crippen molar-refractivity contribution in [2.24, 2.45) is 0 Å². The van der Waals surface area contributed by atoms with Crippen molar-refractivity contribution in [2.75, 3.05) is 25.9 Å². The first-order chi connectivity index (χ1) is 8.99. The summed E-state index contributed by atoms with van der Waals surface area (Å²) in [5.74, 6) is -0.0592. The van der Waals surface area contributed by atoms with E-state index in [4.69, 9.17) is 5.73 Å². The Hall–Kier alpha value is -1.49. The fourth-order valence-corrected chi connectivity index (χ4v) is 1.95. The Labute approximate surface area is 115 Å². The van der Waals surface area contributed by atoms with E-state index in [1.165, 1.54) is 0 Å². The lowest BCUT2D eigenvalue weighted by molar-refractivity contribution is 0.0938. The van der Waals surface area contributed by atoms with Crippen molar-refractivity contribution < 1.29 is 4.79 Å². The molecule has 0 saturated heterocycles. The van der Waals surface area contributed by atoms with Gasteiger partial charge in [-0.25, -0.2) is 0 Å². The quantitative estimate of drug-likeness (QED) is 0.787. The summed E-state index contributed by atoms with van der Waals surface area (Å²) in [6, 6.07) is 2.25. The lowest BCUT2D eigenvalue weighted by Gasteiger charge is -2.23. The number of aromatic nitrogens is 1. The molecule has 0 spiro atoms. The summed E-state index contributed by atoms with van der Waals surface area (Å²) in [5.41, 5.74) is 6.98. The molecule has 1 atom stereocenters. The van der Waals surface area contributed by atoms with Gasteiger partial charge in [0.05, 0.1) is 5.69 Å². The van der Waals surface area contributed by atoms with Crippen molar-refractivity contribution in [2.45, 2.75) is 39.8 Å². The van der Waals surface area contributed by atoms with Gasteiger partial charge in [0.1, 0.15) is 5.69 Å². The van der Waals surface area contributed by atoms with Gasteiger partial charge in [0.15, 0.2) is 0 Å². The minimum Gasteiger partial charge on any atom is -0.397 e. The standard InChI is InChI=1S/C14H26N4O/c1-5-11(3)17(4)8-7-16-14(19)13-9-12(15)10-18(13)6-2/h9-11H,5-8,15H2,1-4H3,(H,16,19). The zero-order valence-electron chi connectivity index (χ0n) is 12.4. The average molecular weight is 266 g/mol. The first kappa shape index (κ1) is 15.6. The minimum atomic E-state index is -0.0592. The topological polar surface area (TPSA) is 63.3 Å². The van der Waals surface area contributed by atoms with Gasteiger partial charge in [-0.1, -0.05) is 6.92 Å². The fourth-order valence-electron chi connectivity index (χ4n) is 1.95. The Morgan fingerprint density at radius 3 is 2.79 bits per heavy atom. The molecule has 1 aromatic heterocycles. The van der Waals surface area contributed by atoms with Crippen LogP contribution < -0.4 is 11.1 Å². The van der Waals surface area contributed by atoms with Crippen LogP contribution in [-0.4, -0.2) is 41.6 Å². The van der Waals surface area contributed by atoms with E-state index in [1.807, 2.05) is 11.5 Å². The van der Waals surface area contributed by atoms with Gasteiger partial charge < -0.3 is 20.5 Å². The molecule has 5 nitrogen and oxygen atoms in total.